The Balaban J connectivity index is 1.56. The monoisotopic (exact) mass is 365 g/mol. The summed E-state index contributed by atoms with van der Waals surface area (Å²) < 4.78 is 51.9. The maximum absolute atomic E-state index is 13.7. The number of benzene rings is 2. The van der Waals surface area contributed by atoms with E-state index in [1.54, 1.807) is 12.1 Å². The van der Waals surface area contributed by atoms with Gasteiger partial charge in [-0.05, 0) is 68.2 Å². The largest absolute Gasteiger partial charge is 0.303 e. The van der Waals surface area contributed by atoms with Gasteiger partial charge in [0.25, 0.3) is 0 Å². The van der Waals surface area contributed by atoms with Gasteiger partial charge in [-0.3, -0.25) is 0 Å². The second kappa shape index (κ2) is 7.62. The van der Waals surface area contributed by atoms with Gasteiger partial charge in [0.05, 0.1) is 10.1 Å². The Hall–Kier alpha value is -1.79. The molecule has 0 aromatic heterocycles. The summed E-state index contributed by atoms with van der Waals surface area (Å²) in [5.41, 5.74) is 0.684. The molecule has 6 heteroatoms. The Labute approximate surface area is 147 Å². The third kappa shape index (κ3) is 4.25. The quantitative estimate of drug-likeness (QED) is 0.762. The zero-order valence-corrected chi connectivity index (χ0v) is 14.7. The fourth-order valence-electron chi connectivity index (χ4n) is 3.24. The molecule has 0 bridgehead atoms. The third-order valence-electron chi connectivity index (χ3n) is 4.77. The third-order valence-corrected chi connectivity index (χ3v) is 7.05. The van der Waals surface area contributed by atoms with Crippen molar-refractivity contribution in [2.45, 2.75) is 29.4 Å². The molecule has 2 aromatic rings. The Morgan fingerprint density at radius 1 is 0.960 bits per heavy atom. The second-order valence-corrected chi connectivity index (χ2v) is 8.61. The summed E-state index contributed by atoms with van der Waals surface area (Å²) in [5, 5.41) is -0.442. The van der Waals surface area contributed by atoms with Crippen LogP contribution >= 0.6 is 0 Å². The minimum atomic E-state index is -3.43. The van der Waals surface area contributed by atoms with Crippen molar-refractivity contribution in [2.24, 2.45) is 0 Å². The van der Waals surface area contributed by atoms with Crippen LogP contribution in [-0.2, 0) is 16.3 Å². The predicted molar refractivity (Wildman–Crippen MR) is 93.2 cm³/mol. The first-order chi connectivity index (χ1) is 12.0. The van der Waals surface area contributed by atoms with Gasteiger partial charge in [-0.25, -0.2) is 17.2 Å². The van der Waals surface area contributed by atoms with Crippen LogP contribution in [0.5, 0.6) is 0 Å². The van der Waals surface area contributed by atoms with Gasteiger partial charge in [0.1, 0.15) is 11.6 Å². The van der Waals surface area contributed by atoms with Crippen LogP contribution in [0.15, 0.2) is 53.4 Å². The Bertz CT molecular complexity index is 814. The van der Waals surface area contributed by atoms with Gasteiger partial charge < -0.3 is 4.90 Å². The lowest BCUT2D eigenvalue weighted by Gasteiger charge is -2.31. The molecular formula is C19H21F2NO2S. The van der Waals surface area contributed by atoms with Crippen LogP contribution in [0.3, 0.4) is 0 Å². The number of rotatable bonds is 5. The summed E-state index contributed by atoms with van der Waals surface area (Å²) >= 11 is 0. The van der Waals surface area contributed by atoms with Gasteiger partial charge in [-0.1, -0.05) is 18.2 Å². The molecule has 0 saturated carbocycles. The highest BCUT2D eigenvalue weighted by atomic mass is 32.2. The van der Waals surface area contributed by atoms with Crippen molar-refractivity contribution in [1.82, 2.24) is 4.90 Å². The number of hydrogen-bond acceptors (Lipinski definition) is 3. The lowest BCUT2D eigenvalue weighted by molar-refractivity contribution is 0.232. The second-order valence-electron chi connectivity index (χ2n) is 6.38. The van der Waals surface area contributed by atoms with Gasteiger partial charge in [-0.15, -0.1) is 0 Å². The summed E-state index contributed by atoms with van der Waals surface area (Å²) in [6.07, 6.45) is 1.69. The molecule has 0 radical (unpaired) electrons. The smallest absolute Gasteiger partial charge is 0.181 e. The standard InChI is InChI=1S/C19H21F2NO2S/c20-16-5-7-17(8-6-16)25(23,24)18-10-13-22(14-11-18)12-9-15-3-1-2-4-19(15)21/h1-8,18H,9-14H2. The van der Waals surface area contributed by atoms with Crippen molar-refractivity contribution >= 4 is 9.84 Å². The van der Waals surface area contributed by atoms with E-state index in [1.807, 2.05) is 6.07 Å². The van der Waals surface area contributed by atoms with Crippen molar-refractivity contribution in [1.29, 1.82) is 0 Å². The molecule has 0 aliphatic carbocycles. The van der Waals surface area contributed by atoms with E-state index < -0.39 is 20.9 Å². The summed E-state index contributed by atoms with van der Waals surface area (Å²) in [5.74, 6) is -0.641. The van der Waals surface area contributed by atoms with E-state index in [0.29, 0.717) is 44.5 Å². The average Bonchev–Trinajstić information content (AvgIpc) is 2.62. The Morgan fingerprint density at radius 2 is 1.60 bits per heavy atom. The molecule has 1 aliphatic heterocycles. The fourth-order valence-corrected chi connectivity index (χ4v) is 4.97. The van der Waals surface area contributed by atoms with E-state index in [4.69, 9.17) is 0 Å². The summed E-state index contributed by atoms with van der Waals surface area (Å²) in [4.78, 5) is 2.35. The molecular weight excluding hydrogens is 344 g/mol. The SMILES string of the molecule is O=S(=O)(c1ccc(F)cc1)C1CCN(CCc2ccccc2F)CC1. The normalized spacial score (nSPS) is 16.9. The molecule has 1 heterocycles. The maximum atomic E-state index is 13.7. The number of halogens is 2. The Kier molecular flexibility index (Phi) is 5.49. The van der Waals surface area contributed by atoms with Crippen molar-refractivity contribution in [3.63, 3.8) is 0 Å². The van der Waals surface area contributed by atoms with E-state index in [0.717, 1.165) is 0 Å². The van der Waals surface area contributed by atoms with E-state index in [2.05, 4.69) is 4.90 Å². The van der Waals surface area contributed by atoms with E-state index in [9.17, 15) is 17.2 Å². The summed E-state index contributed by atoms with van der Waals surface area (Å²) in [7, 11) is -3.43. The highest BCUT2D eigenvalue weighted by molar-refractivity contribution is 7.92. The van der Waals surface area contributed by atoms with Gasteiger partial charge in [0.15, 0.2) is 9.84 Å². The van der Waals surface area contributed by atoms with Gasteiger partial charge >= 0.3 is 0 Å². The minimum Gasteiger partial charge on any atom is -0.303 e. The summed E-state index contributed by atoms with van der Waals surface area (Å²) in [6, 6.07) is 11.7. The topological polar surface area (TPSA) is 37.4 Å². The number of sulfone groups is 1. The first kappa shape index (κ1) is 18.0. The van der Waals surface area contributed by atoms with Crippen LogP contribution in [0.4, 0.5) is 8.78 Å². The van der Waals surface area contributed by atoms with E-state index >= 15 is 0 Å². The van der Waals surface area contributed by atoms with Crippen LogP contribution in [0.1, 0.15) is 18.4 Å². The average molecular weight is 365 g/mol. The molecule has 3 rings (SSSR count). The van der Waals surface area contributed by atoms with Crippen LogP contribution in [0, 0.1) is 11.6 Å². The number of piperidine rings is 1. The van der Waals surface area contributed by atoms with Crippen molar-refractivity contribution in [3.8, 4) is 0 Å². The van der Waals surface area contributed by atoms with Gasteiger partial charge in [-0.2, -0.15) is 0 Å². The molecule has 1 fully saturated rings. The van der Waals surface area contributed by atoms with Crippen LogP contribution in [0.25, 0.3) is 0 Å². The first-order valence-corrected chi connectivity index (χ1v) is 9.96. The van der Waals surface area contributed by atoms with Crippen LogP contribution < -0.4 is 0 Å². The zero-order chi connectivity index (χ0) is 17.9. The van der Waals surface area contributed by atoms with Crippen LogP contribution in [0.2, 0.25) is 0 Å². The molecule has 0 N–H and O–H groups in total. The molecule has 2 aromatic carbocycles. The zero-order valence-electron chi connectivity index (χ0n) is 13.9. The van der Waals surface area contributed by atoms with Crippen molar-refractivity contribution in [2.75, 3.05) is 19.6 Å². The molecule has 0 atom stereocenters. The van der Waals surface area contributed by atoms with Crippen molar-refractivity contribution in [3.05, 3.63) is 65.7 Å². The first-order valence-electron chi connectivity index (χ1n) is 8.42. The lowest BCUT2D eigenvalue weighted by Crippen LogP contribution is -2.40. The maximum Gasteiger partial charge on any atom is 0.181 e. The highest BCUT2D eigenvalue weighted by Crippen LogP contribution is 2.25. The Morgan fingerprint density at radius 3 is 2.24 bits per heavy atom. The fraction of sp³-hybridized carbons (Fsp3) is 0.368. The molecule has 1 aliphatic rings. The molecule has 3 nitrogen and oxygen atoms in total. The molecule has 0 amide bonds. The molecule has 0 unspecified atom stereocenters. The molecule has 25 heavy (non-hydrogen) atoms. The van der Waals surface area contributed by atoms with Gasteiger partial charge in [0, 0.05) is 6.54 Å². The van der Waals surface area contributed by atoms with Gasteiger partial charge in [0.2, 0.25) is 0 Å². The lowest BCUT2D eigenvalue weighted by atomic mass is 10.1. The molecule has 134 valence electrons. The van der Waals surface area contributed by atoms with E-state index in [1.165, 1.54) is 30.3 Å². The molecule has 1 saturated heterocycles. The van der Waals surface area contributed by atoms with E-state index in [-0.39, 0.29) is 10.7 Å². The van der Waals surface area contributed by atoms with Crippen LogP contribution in [-0.4, -0.2) is 38.2 Å². The number of nitrogens with zero attached hydrogens (tertiary/aromatic N) is 1. The van der Waals surface area contributed by atoms with Crippen molar-refractivity contribution < 1.29 is 17.2 Å². The number of likely N-dealkylation sites (tertiary alicyclic amines) is 1. The minimum absolute atomic E-state index is 0.179. The molecule has 0 spiro atoms. The number of hydrogen-bond donors (Lipinski definition) is 0. The highest BCUT2D eigenvalue weighted by Gasteiger charge is 2.31. The predicted octanol–water partition coefficient (Wildman–Crippen LogP) is 3.45. The summed E-state index contributed by atoms with van der Waals surface area (Å²) in [6.45, 7) is 2.04.